The Labute approximate surface area is 116 Å². The van der Waals surface area contributed by atoms with E-state index in [-0.39, 0.29) is 17.7 Å². The highest BCUT2D eigenvalue weighted by atomic mass is 32.2. The van der Waals surface area contributed by atoms with Gasteiger partial charge in [-0.15, -0.1) is 0 Å². The SMILES string of the molecule is Cc1ccccc1S(=O)(=O)NC(CCC(N)=O)C(=O)O. The minimum absolute atomic E-state index is 0.00493. The molecule has 1 unspecified atom stereocenters. The maximum Gasteiger partial charge on any atom is 0.321 e. The first kappa shape index (κ1) is 16.1. The van der Waals surface area contributed by atoms with E-state index in [0.717, 1.165) is 0 Å². The predicted octanol–water partition coefficient (Wildman–Crippen LogP) is -0.00798. The number of carbonyl (C=O) groups excluding carboxylic acids is 1. The Morgan fingerprint density at radius 3 is 2.45 bits per heavy atom. The molecule has 1 aromatic carbocycles. The third-order valence-corrected chi connectivity index (χ3v) is 4.29. The number of nitrogens with two attached hydrogens (primary N) is 1. The van der Waals surface area contributed by atoms with Gasteiger partial charge in [-0.25, -0.2) is 8.42 Å². The van der Waals surface area contributed by atoms with Crippen molar-refractivity contribution in [2.24, 2.45) is 5.73 Å². The average molecular weight is 300 g/mol. The predicted molar refractivity (Wildman–Crippen MR) is 71.4 cm³/mol. The Morgan fingerprint density at radius 1 is 1.35 bits per heavy atom. The van der Waals surface area contributed by atoms with Crippen LogP contribution in [-0.4, -0.2) is 31.4 Å². The zero-order chi connectivity index (χ0) is 15.3. The van der Waals surface area contributed by atoms with E-state index >= 15 is 0 Å². The van der Waals surface area contributed by atoms with Crippen LogP contribution in [0.15, 0.2) is 29.2 Å². The van der Waals surface area contributed by atoms with E-state index in [1.54, 1.807) is 25.1 Å². The molecule has 0 radical (unpaired) electrons. The van der Waals surface area contributed by atoms with Gasteiger partial charge in [0.15, 0.2) is 0 Å². The number of amides is 1. The number of primary amides is 1. The number of rotatable bonds is 7. The maximum atomic E-state index is 12.1. The van der Waals surface area contributed by atoms with E-state index in [9.17, 15) is 18.0 Å². The molecule has 4 N–H and O–H groups in total. The van der Waals surface area contributed by atoms with Crippen molar-refractivity contribution in [3.63, 3.8) is 0 Å². The van der Waals surface area contributed by atoms with Crippen LogP contribution in [0.1, 0.15) is 18.4 Å². The van der Waals surface area contributed by atoms with Crippen molar-refractivity contribution in [2.75, 3.05) is 0 Å². The van der Waals surface area contributed by atoms with Crippen LogP contribution in [0.3, 0.4) is 0 Å². The molecule has 0 spiro atoms. The molecular weight excluding hydrogens is 284 g/mol. The third-order valence-electron chi connectivity index (χ3n) is 2.66. The number of carboxylic acid groups (broad SMARTS) is 1. The van der Waals surface area contributed by atoms with Gasteiger partial charge in [-0.1, -0.05) is 18.2 Å². The fourth-order valence-corrected chi connectivity index (χ4v) is 3.10. The van der Waals surface area contributed by atoms with Gasteiger partial charge >= 0.3 is 5.97 Å². The number of aryl methyl sites for hydroxylation is 1. The van der Waals surface area contributed by atoms with Crippen LogP contribution in [0.5, 0.6) is 0 Å². The normalized spacial score (nSPS) is 12.8. The number of aliphatic carboxylic acids is 1. The first-order valence-corrected chi connectivity index (χ1v) is 7.31. The second-order valence-electron chi connectivity index (χ2n) is 4.28. The Morgan fingerprint density at radius 2 is 1.95 bits per heavy atom. The van der Waals surface area contributed by atoms with E-state index in [0.29, 0.717) is 5.56 Å². The molecule has 0 aliphatic heterocycles. The van der Waals surface area contributed by atoms with Crippen molar-refractivity contribution in [2.45, 2.75) is 30.7 Å². The van der Waals surface area contributed by atoms with E-state index in [1.807, 2.05) is 0 Å². The summed E-state index contributed by atoms with van der Waals surface area (Å²) in [7, 11) is -3.97. The number of hydrogen-bond acceptors (Lipinski definition) is 4. The molecule has 0 aliphatic rings. The van der Waals surface area contributed by atoms with E-state index in [1.165, 1.54) is 6.07 Å². The van der Waals surface area contributed by atoms with E-state index < -0.39 is 27.9 Å². The fourth-order valence-electron chi connectivity index (χ4n) is 1.63. The van der Waals surface area contributed by atoms with Crippen LogP contribution in [0, 0.1) is 6.92 Å². The average Bonchev–Trinajstić information content (AvgIpc) is 2.34. The molecule has 1 atom stereocenters. The molecule has 8 heteroatoms. The fraction of sp³-hybridized carbons (Fsp3) is 0.333. The van der Waals surface area contributed by atoms with Gasteiger partial charge in [0, 0.05) is 6.42 Å². The second-order valence-corrected chi connectivity index (χ2v) is 5.96. The molecule has 1 amide bonds. The molecule has 0 heterocycles. The molecular formula is C12H16N2O5S. The number of hydrogen-bond donors (Lipinski definition) is 3. The quantitative estimate of drug-likeness (QED) is 0.653. The van der Waals surface area contributed by atoms with Crippen LogP contribution in [0.2, 0.25) is 0 Å². The van der Waals surface area contributed by atoms with Gasteiger partial charge in [0.1, 0.15) is 6.04 Å². The van der Waals surface area contributed by atoms with Crippen LogP contribution in [0.4, 0.5) is 0 Å². The van der Waals surface area contributed by atoms with Crippen LogP contribution < -0.4 is 10.5 Å². The monoisotopic (exact) mass is 300 g/mol. The highest BCUT2D eigenvalue weighted by Crippen LogP contribution is 2.15. The molecule has 7 nitrogen and oxygen atoms in total. The van der Waals surface area contributed by atoms with Crippen LogP contribution in [-0.2, 0) is 19.6 Å². The third kappa shape index (κ3) is 4.32. The first-order valence-electron chi connectivity index (χ1n) is 5.83. The summed E-state index contributed by atoms with van der Waals surface area (Å²) in [5.41, 5.74) is 5.43. The molecule has 0 saturated heterocycles. The maximum absolute atomic E-state index is 12.1. The molecule has 0 fully saturated rings. The minimum Gasteiger partial charge on any atom is -0.480 e. The Bertz CT molecular complexity index is 612. The zero-order valence-corrected chi connectivity index (χ0v) is 11.7. The zero-order valence-electron chi connectivity index (χ0n) is 10.9. The number of sulfonamides is 1. The molecule has 110 valence electrons. The second kappa shape index (κ2) is 6.49. The van der Waals surface area contributed by atoms with Crippen molar-refractivity contribution in [1.82, 2.24) is 4.72 Å². The summed E-state index contributed by atoms with van der Waals surface area (Å²) in [5.74, 6) is -2.05. The molecule has 1 aromatic rings. The standard InChI is InChI=1S/C12H16N2O5S/c1-8-4-2-3-5-10(8)20(18,19)14-9(12(16)17)6-7-11(13)15/h2-5,9,14H,6-7H2,1H3,(H2,13,15)(H,16,17). The van der Waals surface area contributed by atoms with Crippen molar-refractivity contribution in [3.8, 4) is 0 Å². The van der Waals surface area contributed by atoms with Crippen molar-refractivity contribution in [1.29, 1.82) is 0 Å². The lowest BCUT2D eigenvalue weighted by Gasteiger charge is -2.15. The number of benzene rings is 1. The van der Waals surface area contributed by atoms with Crippen LogP contribution >= 0.6 is 0 Å². The number of carboxylic acids is 1. The molecule has 0 aromatic heterocycles. The van der Waals surface area contributed by atoms with E-state index in [2.05, 4.69) is 4.72 Å². The number of carbonyl (C=O) groups is 2. The summed E-state index contributed by atoms with van der Waals surface area (Å²) in [6.07, 6.45) is -0.414. The summed E-state index contributed by atoms with van der Waals surface area (Å²) in [6.45, 7) is 1.60. The highest BCUT2D eigenvalue weighted by Gasteiger charge is 2.26. The van der Waals surface area contributed by atoms with Gasteiger partial charge in [0.2, 0.25) is 15.9 Å². The van der Waals surface area contributed by atoms with Crippen molar-refractivity contribution in [3.05, 3.63) is 29.8 Å². The Kier molecular flexibility index (Phi) is 5.23. The summed E-state index contributed by atoms with van der Waals surface area (Å²) in [5, 5.41) is 8.99. The van der Waals surface area contributed by atoms with Crippen molar-refractivity contribution >= 4 is 21.9 Å². The molecule has 0 aliphatic carbocycles. The minimum atomic E-state index is -3.97. The number of nitrogens with one attached hydrogen (secondary N) is 1. The summed E-state index contributed by atoms with van der Waals surface area (Å²) < 4.78 is 26.3. The lowest BCUT2D eigenvalue weighted by molar-refractivity contribution is -0.139. The van der Waals surface area contributed by atoms with Gasteiger partial charge in [-0.3, -0.25) is 9.59 Å². The van der Waals surface area contributed by atoms with Gasteiger partial charge in [0.05, 0.1) is 4.90 Å². The van der Waals surface area contributed by atoms with Gasteiger partial charge in [0.25, 0.3) is 0 Å². The van der Waals surface area contributed by atoms with Gasteiger partial charge < -0.3 is 10.8 Å². The lowest BCUT2D eigenvalue weighted by Crippen LogP contribution is -2.41. The molecule has 0 bridgehead atoms. The smallest absolute Gasteiger partial charge is 0.321 e. The van der Waals surface area contributed by atoms with E-state index in [4.69, 9.17) is 10.8 Å². The molecule has 0 saturated carbocycles. The first-order chi connectivity index (χ1) is 9.24. The van der Waals surface area contributed by atoms with Crippen LogP contribution in [0.25, 0.3) is 0 Å². The largest absolute Gasteiger partial charge is 0.480 e. The topological polar surface area (TPSA) is 127 Å². The molecule has 1 rings (SSSR count). The van der Waals surface area contributed by atoms with Gasteiger partial charge in [-0.2, -0.15) is 4.72 Å². The summed E-state index contributed by atoms with van der Waals surface area (Å²) in [6, 6.07) is 4.81. The summed E-state index contributed by atoms with van der Waals surface area (Å²) >= 11 is 0. The summed E-state index contributed by atoms with van der Waals surface area (Å²) in [4.78, 5) is 21.7. The molecule has 20 heavy (non-hydrogen) atoms. The van der Waals surface area contributed by atoms with Gasteiger partial charge in [-0.05, 0) is 25.0 Å². The van der Waals surface area contributed by atoms with Crippen molar-refractivity contribution < 1.29 is 23.1 Å². The Balaban J connectivity index is 2.95. The highest BCUT2D eigenvalue weighted by molar-refractivity contribution is 7.89. The lowest BCUT2D eigenvalue weighted by atomic mass is 10.2. The Hall–Kier alpha value is -1.93.